The van der Waals surface area contributed by atoms with E-state index < -0.39 is 0 Å². The fourth-order valence-corrected chi connectivity index (χ4v) is 3.83. The molecule has 1 aliphatic rings. The Morgan fingerprint density at radius 2 is 1.89 bits per heavy atom. The smallest absolute Gasteiger partial charge is 0.253 e. The summed E-state index contributed by atoms with van der Waals surface area (Å²) in [4.78, 5) is 17.0. The number of anilines is 1. The summed E-state index contributed by atoms with van der Waals surface area (Å²) < 4.78 is 0. The van der Waals surface area contributed by atoms with Crippen LogP contribution in [0.5, 0.6) is 0 Å². The second kappa shape index (κ2) is 9.56. The molecule has 27 heavy (non-hydrogen) atoms. The van der Waals surface area contributed by atoms with Crippen molar-refractivity contribution in [2.24, 2.45) is 0 Å². The number of rotatable bonds is 7. The standard InChI is InChI=1S/C23H31N3O/c1-3-26(4-2)23(27)20-12-8-13-21(16-20)24-22-14-9-15-25(18-22)17-19-10-6-5-7-11-19/h5-8,10-13,16,22,24H,3-4,9,14-15,17-18H2,1-2H3. The normalized spacial score (nSPS) is 17.5. The highest BCUT2D eigenvalue weighted by atomic mass is 16.2. The lowest BCUT2D eigenvalue weighted by Gasteiger charge is -2.33. The summed E-state index contributed by atoms with van der Waals surface area (Å²) in [5.41, 5.74) is 3.17. The molecule has 144 valence electrons. The molecule has 1 unspecified atom stereocenters. The van der Waals surface area contributed by atoms with E-state index in [4.69, 9.17) is 0 Å². The Bertz CT molecular complexity index is 727. The molecule has 4 nitrogen and oxygen atoms in total. The van der Waals surface area contributed by atoms with Crippen molar-refractivity contribution in [1.82, 2.24) is 9.80 Å². The SMILES string of the molecule is CCN(CC)C(=O)c1cccc(NC2CCCN(Cc3ccccc3)C2)c1. The third kappa shape index (κ3) is 5.33. The van der Waals surface area contributed by atoms with Gasteiger partial charge in [0.15, 0.2) is 0 Å². The first kappa shape index (κ1) is 19.4. The maximum atomic E-state index is 12.6. The van der Waals surface area contributed by atoms with Crippen molar-refractivity contribution >= 4 is 11.6 Å². The minimum Gasteiger partial charge on any atom is -0.381 e. The van der Waals surface area contributed by atoms with E-state index in [-0.39, 0.29) is 5.91 Å². The molecule has 1 fully saturated rings. The number of piperidine rings is 1. The van der Waals surface area contributed by atoms with Crippen LogP contribution >= 0.6 is 0 Å². The van der Waals surface area contributed by atoms with Gasteiger partial charge in [-0.1, -0.05) is 36.4 Å². The van der Waals surface area contributed by atoms with Gasteiger partial charge in [0.25, 0.3) is 5.91 Å². The number of amides is 1. The van der Waals surface area contributed by atoms with Crippen LogP contribution in [-0.2, 0) is 6.54 Å². The van der Waals surface area contributed by atoms with Crippen LogP contribution in [0.25, 0.3) is 0 Å². The Kier molecular flexibility index (Phi) is 6.88. The molecule has 1 saturated heterocycles. The third-order valence-electron chi connectivity index (χ3n) is 5.29. The number of likely N-dealkylation sites (tertiary alicyclic amines) is 1. The van der Waals surface area contributed by atoms with Crippen molar-refractivity contribution in [3.05, 3.63) is 65.7 Å². The van der Waals surface area contributed by atoms with Crippen LogP contribution < -0.4 is 5.32 Å². The molecule has 0 aliphatic carbocycles. The van der Waals surface area contributed by atoms with E-state index in [1.807, 2.05) is 36.9 Å². The molecule has 0 radical (unpaired) electrons. The van der Waals surface area contributed by atoms with Crippen molar-refractivity contribution in [2.75, 3.05) is 31.5 Å². The number of hydrogen-bond acceptors (Lipinski definition) is 3. The molecule has 0 spiro atoms. The quantitative estimate of drug-likeness (QED) is 0.797. The summed E-state index contributed by atoms with van der Waals surface area (Å²) >= 11 is 0. The van der Waals surface area contributed by atoms with Crippen LogP contribution in [0.2, 0.25) is 0 Å². The topological polar surface area (TPSA) is 35.6 Å². The molecule has 4 heteroatoms. The summed E-state index contributed by atoms with van der Waals surface area (Å²) in [6.07, 6.45) is 2.36. The molecule has 2 aromatic rings. The summed E-state index contributed by atoms with van der Waals surface area (Å²) in [5, 5.41) is 3.65. The lowest BCUT2D eigenvalue weighted by Crippen LogP contribution is -2.41. The van der Waals surface area contributed by atoms with E-state index >= 15 is 0 Å². The van der Waals surface area contributed by atoms with Crippen LogP contribution in [0.4, 0.5) is 5.69 Å². The Morgan fingerprint density at radius 3 is 2.63 bits per heavy atom. The lowest BCUT2D eigenvalue weighted by atomic mass is 10.0. The van der Waals surface area contributed by atoms with Gasteiger partial charge in [-0.2, -0.15) is 0 Å². The predicted molar refractivity (Wildman–Crippen MR) is 112 cm³/mol. The zero-order chi connectivity index (χ0) is 19.1. The molecule has 1 atom stereocenters. The monoisotopic (exact) mass is 365 g/mol. The van der Waals surface area contributed by atoms with Gasteiger partial charge in [0, 0.05) is 43.5 Å². The van der Waals surface area contributed by atoms with Gasteiger partial charge in [0.2, 0.25) is 0 Å². The fourth-order valence-electron chi connectivity index (χ4n) is 3.83. The van der Waals surface area contributed by atoms with Crippen molar-refractivity contribution in [2.45, 2.75) is 39.3 Å². The van der Waals surface area contributed by atoms with Gasteiger partial charge in [-0.3, -0.25) is 9.69 Å². The first-order valence-electron chi connectivity index (χ1n) is 10.1. The van der Waals surface area contributed by atoms with Gasteiger partial charge in [0.05, 0.1) is 0 Å². The number of carbonyl (C=O) groups excluding carboxylic acids is 1. The molecule has 1 aliphatic heterocycles. The van der Waals surface area contributed by atoms with Gasteiger partial charge in [-0.15, -0.1) is 0 Å². The lowest BCUT2D eigenvalue weighted by molar-refractivity contribution is 0.0773. The van der Waals surface area contributed by atoms with E-state index in [1.165, 1.54) is 18.4 Å². The van der Waals surface area contributed by atoms with E-state index in [0.717, 1.165) is 44.0 Å². The Morgan fingerprint density at radius 1 is 1.11 bits per heavy atom. The molecule has 0 bridgehead atoms. The molecule has 2 aromatic carbocycles. The first-order valence-corrected chi connectivity index (χ1v) is 10.1. The third-order valence-corrected chi connectivity index (χ3v) is 5.29. The predicted octanol–water partition coefficient (Wildman–Crippen LogP) is 4.25. The van der Waals surface area contributed by atoms with Crippen LogP contribution in [0.15, 0.2) is 54.6 Å². The number of hydrogen-bond donors (Lipinski definition) is 1. The maximum absolute atomic E-state index is 12.6. The minimum atomic E-state index is 0.109. The number of carbonyl (C=O) groups is 1. The van der Waals surface area contributed by atoms with Crippen molar-refractivity contribution < 1.29 is 4.79 Å². The molecular formula is C23H31N3O. The van der Waals surface area contributed by atoms with E-state index in [9.17, 15) is 4.79 Å². The Balaban J connectivity index is 1.61. The summed E-state index contributed by atoms with van der Waals surface area (Å²) in [6.45, 7) is 8.70. The molecule has 3 rings (SSSR count). The molecule has 1 heterocycles. The zero-order valence-electron chi connectivity index (χ0n) is 16.5. The first-order chi connectivity index (χ1) is 13.2. The van der Waals surface area contributed by atoms with Crippen molar-refractivity contribution in [3.8, 4) is 0 Å². The highest BCUT2D eigenvalue weighted by Crippen LogP contribution is 2.19. The van der Waals surface area contributed by atoms with Crippen LogP contribution in [-0.4, -0.2) is 47.9 Å². The van der Waals surface area contributed by atoms with Gasteiger partial charge >= 0.3 is 0 Å². The van der Waals surface area contributed by atoms with Gasteiger partial charge in [-0.05, 0) is 57.0 Å². The van der Waals surface area contributed by atoms with Gasteiger partial charge in [0.1, 0.15) is 0 Å². The molecule has 0 saturated carbocycles. The van der Waals surface area contributed by atoms with Crippen molar-refractivity contribution in [1.29, 1.82) is 0 Å². The second-order valence-corrected chi connectivity index (χ2v) is 7.26. The number of nitrogens with one attached hydrogen (secondary N) is 1. The molecule has 1 N–H and O–H groups in total. The maximum Gasteiger partial charge on any atom is 0.253 e. The van der Waals surface area contributed by atoms with Crippen LogP contribution in [0.1, 0.15) is 42.6 Å². The largest absolute Gasteiger partial charge is 0.381 e. The summed E-state index contributed by atoms with van der Waals surface area (Å²) in [6, 6.07) is 19.0. The highest BCUT2D eigenvalue weighted by Gasteiger charge is 2.20. The van der Waals surface area contributed by atoms with Crippen LogP contribution in [0, 0.1) is 0 Å². The van der Waals surface area contributed by atoms with Crippen LogP contribution in [0.3, 0.4) is 0 Å². The average Bonchev–Trinajstić information content (AvgIpc) is 2.70. The van der Waals surface area contributed by atoms with E-state index in [1.54, 1.807) is 0 Å². The molecule has 1 amide bonds. The van der Waals surface area contributed by atoms with Gasteiger partial charge in [-0.25, -0.2) is 0 Å². The average molecular weight is 366 g/mol. The van der Waals surface area contributed by atoms with E-state index in [2.05, 4.69) is 46.6 Å². The fraction of sp³-hybridized carbons (Fsp3) is 0.435. The minimum absolute atomic E-state index is 0.109. The Hall–Kier alpha value is -2.33. The van der Waals surface area contributed by atoms with E-state index in [0.29, 0.717) is 6.04 Å². The number of nitrogens with zero attached hydrogens (tertiary/aromatic N) is 2. The Labute approximate surface area is 163 Å². The highest BCUT2D eigenvalue weighted by molar-refractivity contribution is 5.95. The number of benzene rings is 2. The summed E-state index contributed by atoms with van der Waals surface area (Å²) in [7, 11) is 0. The zero-order valence-corrected chi connectivity index (χ0v) is 16.5. The van der Waals surface area contributed by atoms with Gasteiger partial charge < -0.3 is 10.2 Å². The second-order valence-electron chi connectivity index (χ2n) is 7.26. The van der Waals surface area contributed by atoms with Crippen molar-refractivity contribution in [3.63, 3.8) is 0 Å². The summed E-state index contributed by atoms with van der Waals surface area (Å²) in [5.74, 6) is 0.109. The molecular weight excluding hydrogens is 334 g/mol. The molecule has 0 aromatic heterocycles.